The van der Waals surface area contributed by atoms with Gasteiger partial charge in [-0.1, -0.05) is 30.3 Å². The van der Waals surface area contributed by atoms with Gasteiger partial charge in [0.15, 0.2) is 0 Å². The summed E-state index contributed by atoms with van der Waals surface area (Å²) in [5.41, 5.74) is 3.60. The van der Waals surface area contributed by atoms with Gasteiger partial charge in [0.2, 0.25) is 5.82 Å². The average molecular weight is 447 g/mol. The molecule has 0 bridgehead atoms. The number of aromatic nitrogens is 4. The zero-order valence-corrected chi connectivity index (χ0v) is 17.3. The molecule has 0 aliphatic carbocycles. The zero-order chi connectivity index (χ0) is 23.2. The number of nitro benzene ring substituents is 1. The Bertz CT molecular complexity index is 1310. The minimum atomic E-state index is -0.507. The van der Waals surface area contributed by atoms with Gasteiger partial charge >= 0.3 is 0 Å². The molecule has 0 radical (unpaired) electrons. The summed E-state index contributed by atoms with van der Waals surface area (Å²) in [7, 11) is 1.41. The first kappa shape index (κ1) is 21.4. The van der Waals surface area contributed by atoms with Crippen molar-refractivity contribution in [3.05, 3.63) is 76.5 Å². The van der Waals surface area contributed by atoms with Gasteiger partial charge in [-0.25, -0.2) is 5.43 Å². The van der Waals surface area contributed by atoms with Crippen LogP contribution in [-0.2, 0) is 11.3 Å². The number of non-ortho nitro benzene ring substituents is 1. The number of amides is 1. The van der Waals surface area contributed by atoms with Gasteiger partial charge < -0.3 is 9.15 Å². The lowest BCUT2D eigenvalue weighted by Gasteiger charge is -2.05. The number of nitrogens with zero attached hydrogens (tertiary/aromatic N) is 6. The van der Waals surface area contributed by atoms with Crippen LogP contribution in [0.25, 0.3) is 22.7 Å². The number of rotatable bonds is 8. The molecular weight excluding hydrogens is 430 g/mol. The number of nitro groups is 1. The maximum absolute atomic E-state index is 12.1. The fourth-order valence-electron chi connectivity index (χ4n) is 2.91. The van der Waals surface area contributed by atoms with Crippen molar-refractivity contribution in [3.63, 3.8) is 0 Å². The number of methoxy groups -OCH3 is 1. The lowest BCUT2D eigenvalue weighted by atomic mass is 10.1. The number of hydrogen-bond donors (Lipinski definition) is 1. The highest BCUT2D eigenvalue weighted by Crippen LogP contribution is 2.34. The van der Waals surface area contributed by atoms with Gasteiger partial charge in [0.1, 0.15) is 23.8 Å². The van der Waals surface area contributed by atoms with E-state index >= 15 is 0 Å². The molecule has 2 aromatic carbocycles. The van der Waals surface area contributed by atoms with Crippen LogP contribution in [-0.4, -0.2) is 44.4 Å². The van der Waals surface area contributed by atoms with Crippen LogP contribution >= 0.6 is 0 Å². The number of tetrazole rings is 1. The minimum absolute atomic E-state index is 0.0931. The van der Waals surface area contributed by atoms with Crippen molar-refractivity contribution < 1.29 is 18.9 Å². The predicted molar refractivity (Wildman–Crippen MR) is 116 cm³/mol. The van der Waals surface area contributed by atoms with Gasteiger partial charge in [-0.3, -0.25) is 14.9 Å². The summed E-state index contributed by atoms with van der Waals surface area (Å²) >= 11 is 0. The van der Waals surface area contributed by atoms with E-state index in [9.17, 15) is 14.9 Å². The Morgan fingerprint density at radius 3 is 2.82 bits per heavy atom. The standard InChI is InChI=1S/C21H17N7O5/c1-32-19-11-15(28(30)31)7-9-17(19)18-10-8-16(33-18)12-22-23-20(29)13-27-25-21(24-26-27)14-5-3-2-4-6-14/h2-12H,13H2,1H3,(H,23,29). The van der Waals surface area contributed by atoms with Gasteiger partial charge in [-0.15, -0.1) is 10.2 Å². The molecular formula is C21H17N7O5. The Labute approximate surface area is 186 Å². The highest BCUT2D eigenvalue weighted by atomic mass is 16.6. The Balaban J connectivity index is 1.37. The molecule has 0 spiro atoms. The molecule has 33 heavy (non-hydrogen) atoms. The van der Waals surface area contributed by atoms with Crippen LogP contribution in [0.3, 0.4) is 0 Å². The number of nitrogens with one attached hydrogen (secondary N) is 1. The first-order chi connectivity index (χ1) is 16.0. The summed E-state index contributed by atoms with van der Waals surface area (Å²) in [6.45, 7) is -0.166. The zero-order valence-electron chi connectivity index (χ0n) is 17.3. The number of carbonyl (C=O) groups excluding carboxylic acids is 1. The molecule has 0 saturated carbocycles. The van der Waals surface area contributed by atoms with Crippen molar-refractivity contribution in [2.75, 3.05) is 7.11 Å². The normalized spacial score (nSPS) is 10.9. The van der Waals surface area contributed by atoms with E-state index in [1.54, 1.807) is 12.1 Å². The molecule has 0 fully saturated rings. The second-order valence-corrected chi connectivity index (χ2v) is 6.65. The molecule has 0 aliphatic heterocycles. The van der Waals surface area contributed by atoms with Crippen LogP contribution in [0.1, 0.15) is 5.76 Å². The lowest BCUT2D eigenvalue weighted by molar-refractivity contribution is -0.384. The van der Waals surface area contributed by atoms with Crippen molar-refractivity contribution in [1.82, 2.24) is 25.6 Å². The van der Waals surface area contributed by atoms with Crippen LogP contribution in [0.5, 0.6) is 5.75 Å². The molecule has 166 valence electrons. The SMILES string of the molecule is COc1cc([N+](=O)[O-])ccc1-c1ccc(C=NNC(=O)Cn2nnc(-c3ccccc3)n2)o1. The quantitative estimate of drug-likeness (QED) is 0.246. The number of hydrazone groups is 1. The number of hydrogen-bond acceptors (Lipinski definition) is 9. The molecule has 12 nitrogen and oxygen atoms in total. The van der Waals surface area contributed by atoms with E-state index in [0.717, 1.165) is 5.56 Å². The second kappa shape index (κ2) is 9.51. The molecule has 0 atom stereocenters. The number of furan rings is 1. The Morgan fingerprint density at radius 1 is 1.24 bits per heavy atom. The van der Waals surface area contributed by atoms with Crippen molar-refractivity contribution in [2.24, 2.45) is 5.10 Å². The molecule has 0 unspecified atom stereocenters. The highest BCUT2D eigenvalue weighted by Gasteiger charge is 2.15. The van der Waals surface area contributed by atoms with Crippen molar-refractivity contribution in [1.29, 1.82) is 0 Å². The van der Waals surface area contributed by atoms with E-state index in [1.165, 1.54) is 36.3 Å². The summed E-state index contributed by atoms with van der Waals surface area (Å²) in [5.74, 6) is 1.04. The maximum Gasteiger partial charge on any atom is 0.273 e. The van der Waals surface area contributed by atoms with Crippen LogP contribution in [0.4, 0.5) is 5.69 Å². The summed E-state index contributed by atoms with van der Waals surface area (Å²) in [4.78, 5) is 23.7. The van der Waals surface area contributed by atoms with Crippen LogP contribution < -0.4 is 10.2 Å². The van der Waals surface area contributed by atoms with Gasteiger partial charge in [0.25, 0.3) is 11.6 Å². The van der Waals surface area contributed by atoms with E-state index in [0.29, 0.717) is 28.7 Å². The van der Waals surface area contributed by atoms with Crippen molar-refractivity contribution in [3.8, 4) is 28.5 Å². The van der Waals surface area contributed by atoms with Crippen LogP contribution in [0, 0.1) is 10.1 Å². The Kier molecular flexibility index (Phi) is 6.16. The number of carbonyl (C=O) groups is 1. The molecule has 4 aromatic rings. The van der Waals surface area contributed by atoms with Crippen molar-refractivity contribution in [2.45, 2.75) is 6.54 Å². The Hall–Kier alpha value is -4.87. The Morgan fingerprint density at radius 2 is 2.06 bits per heavy atom. The molecule has 12 heteroatoms. The molecule has 0 saturated heterocycles. The van der Waals surface area contributed by atoms with E-state index < -0.39 is 10.8 Å². The third-order valence-corrected chi connectivity index (χ3v) is 4.44. The molecule has 2 heterocycles. The fraction of sp³-hybridized carbons (Fsp3) is 0.0952. The third-order valence-electron chi connectivity index (χ3n) is 4.44. The molecule has 2 aromatic heterocycles. The smallest absolute Gasteiger partial charge is 0.273 e. The van der Waals surface area contributed by atoms with E-state index in [-0.39, 0.29) is 12.2 Å². The lowest BCUT2D eigenvalue weighted by Crippen LogP contribution is -2.24. The van der Waals surface area contributed by atoms with Crippen LogP contribution in [0.2, 0.25) is 0 Å². The second-order valence-electron chi connectivity index (χ2n) is 6.65. The third kappa shape index (κ3) is 5.07. The first-order valence-corrected chi connectivity index (χ1v) is 9.61. The first-order valence-electron chi connectivity index (χ1n) is 9.61. The minimum Gasteiger partial charge on any atom is -0.496 e. The molecule has 1 amide bonds. The summed E-state index contributed by atoms with van der Waals surface area (Å²) < 4.78 is 10.9. The molecule has 1 N–H and O–H groups in total. The molecule has 0 aliphatic rings. The van der Waals surface area contributed by atoms with Gasteiger partial charge in [0.05, 0.1) is 29.9 Å². The van der Waals surface area contributed by atoms with Crippen LogP contribution in [0.15, 0.2) is 70.2 Å². The van der Waals surface area contributed by atoms with Gasteiger partial charge in [0, 0.05) is 11.6 Å². The van der Waals surface area contributed by atoms with E-state index in [4.69, 9.17) is 9.15 Å². The van der Waals surface area contributed by atoms with Crippen molar-refractivity contribution >= 4 is 17.8 Å². The van der Waals surface area contributed by atoms with E-state index in [2.05, 4.69) is 25.9 Å². The van der Waals surface area contributed by atoms with E-state index in [1.807, 2.05) is 30.3 Å². The maximum atomic E-state index is 12.1. The topological polar surface area (TPSA) is 151 Å². The predicted octanol–water partition coefficient (Wildman–Crippen LogP) is 2.67. The van der Waals surface area contributed by atoms with Gasteiger partial charge in [-0.2, -0.15) is 9.90 Å². The summed E-state index contributed by atoms with van der Waals surface area (Å²) in [5, 5.41) is 26.8. The largest absolute Gasteiger partial charge is 0.496 e. The summed E-state index contributed by atoms with van der Waals surface area (Å²) in [6.07, 6.45) is 1.32. The van der Waals surface area contributed by atoms with Gasteiger partial charge in [-0.05, 0) is 23.4 Å². The summed E-state index contributed by atoms with van der Waals surface area (Å²) in [6, 6.07) is 16.8. The number of ether oxygens (including phenoxy) is 1. The highest BCUT2D eigenvalue weighted by molar-refractivity contribution is 5.81. The average Bonchev–Trinajstić information content (AvgIpc) is 3.49. The molecule has 4 rings (SSSR count). The fourth-order valence-corrected chi connectivity index (χ4v) is 2.91. The number of benzene rings is 2. The monoisotopic (exact) mass is 447 g/mol.